The molecular formula is C29H40N2O6. The highest BCUT2D eigenvalue weighted by atomic mass is 16.8. The standard InChI is InChI=1S/C29H40N2O6/c1-29(2)36-25-24(35-27(33-3)26(25)37-29)17-23(15-10-16-30)19-31(18-21-11-6-4-7-12-21)28(32)34-20-22-13-8-5-9-14-22/h4-9,11-14,23-27H,10,15-20,30H2,1-3H3/t23-,24+,25?,26?,27+/m0/s1. The molecule has 0 radical (unpaired) electrons. The number of nitrogens with two attached hydrogens (primary N) is 1. The number of carbonyl (C=O) groups excluding carboxylic acids is 1. The Bertz CT molecular complexity index is 973. The molecule has 0 aromatic heterocycles. The average Bonchev–Trinajstić information content (AvgIpc) is 3.39. The van der Waals surface area contributed by atoms with Crippen LogP contribution in [0.4, 0.5) is 4.79 Å². The predicted molar refractivity (Wildman–Crippen MR) is 139 cm³/mol. The number of methoxy groups -OCH3 is 1. The number of rotatable bonds is 12. The third-order valence-electron chi connectivity index (χ3n) is 6.88. The molecule has 0 bridgehead atoms. The van der Waals surface area contributed by atoms with E-state index in [4.69, 9.17) is 29.4 Å². The van der Waals surface area contributed by atoms with Gasteiger partial charge < -0.3 is 34.3 Å². The molecule has 2 heterocycles. The zero-order chi connectivity index (χ0) is 26.3. The van der Waals surface area contributed by atoms with E-state index >= 15 is 0 Å². The van der Waals surface area contributed by atoms with Gasteiger partial charge in [-0.2, -0.15) is 0 Å². The van der Waals surface area contributed by atoms with E-state index in [0.717, 1.165) is 24.0 Å². The van der Waals surface area contributed by atoms with Gasteiger partial charge in [0.05, 0.1) is 6.10 Å². The Balaban J connectivity index is 1.47. The highest BCUT2D eigenvalue weighted by Gasteiger charge is 2.55. The highest BCUT2D eigenvalue weighted by molar-refractivity contribution is 5.67. The van der Waals surface area contributed by atoms with E-state index in [1.165, 1.54) is 0 Å². The van der Waals surface area contributed by atoms with Crippen molar-refractivity contribution in [1.29, 1.82) is 0 Å². The molecular weight excluding hydrogens is 472 g/mol. The molecule has 2 N–H and O–H groups in total. The lowest BCUT2D eigenvalue weighted by atomic mass is 9.92. The molecule has 2 fully saturated rings. The lowest BCUT2D eigenvalue weighted by Crippen LogP contribution is -2.38. The normalized spacial score (nSPS) is 25.0. The summed E-state index contributed by atoms with van der Waals surface area (Å²) in [5.74, 6) is -0.563. The number of hydrogen-bond donors (Lipinski definition) is 1. The van der Waals surface area contributed by atoms with Gasteiger partial charge >= 0.3 is 6.09 Å². The molecule has 2 aliphatic rings. The van der Waals surface area contributed by atoms with Crippen molar-refractivity contribution >= 4 is 6.09 Å². The van der Waals surface area contributed by atoms with Gasteiger partial charge in [-0.1, -0.05) is 60.7 Å². The number of nitrogens with zero attached hydrogens (tertiary/aromatic N) is 1. The molecule has 1 amide bonds. The van der Waals surface area contributed by atoms with Crippen molar-refractivity contribution in [1.82, 2.24) is 4.90 Å². The SMILES string of the molecule is CO[C@@H]1O[C@H](C[C@H](CCCN)CN(Cc2ccccc2)C(=O)OCc2ccccc2)C2OC(C)(C)OC21. The Morgan fingerprint density at radius 1 is 1.03 bits per heavy atom. The fourth-order valence-electron chi connectivity index (χ4n) is 5.17. The summed E-state index contributed by atoms with van der Waals surface area (Å²) >= 11 is 0. The van der Waals surface area contributed by atoms with Crippen LogP contribution in [0.25, 0.3) is 0 Å². The maximum atomic E-state index is 13.3. The smallest absolute Gasteiger partial charge is 0.410 e. The molecule has 2 aromatic rings. The highest BCUT2D eigenvalue weighted by Crippen LogP contribution is 2.41. The Labute approximate surface area is 220 Å². The molecule has 2 saturated heterocycles. The summed E-state index contributed by atoms with van der Waals surface area (Å²) in [5, 5.41) is 0. The van der Waals surface area contributed by atoms with Crippen molar-refractivity contribution in [2.24, 2.45) is 11.7 Å². The lowest BCUT2D eigenvalue weighted by molar-refractivity contribution is -0.228. The monoisotopic (exact) mass is 512 g/mol. The Morgan fingerprint density at radius 2 is 1.68 bits per heavy atom. The van der Waals surface area contributed by atoms with E-state index in [1.807, 2.05) is 74.5 Å². The van der Waals surface area contributed by atoms with E-state index < -0.39 is 12.1 Å². The first kappa shape index (κ1) is 27.5. The van der Waals surface area contributed by atoms with Gasteiger partial charge in [-0.25, -0.2) is 4.79 Å². The topological polar surface area (TPSA) is 92.5 Å². The quantitative estimate of drug-likeness (QED) is 0.449. The second-order valence-corrected chi connectivity index (χ2v) is 10.3. The summed E-state index contributed by atoms with van der Waals surface area (Å²) in [4.78, 5) is 15.1. The summed E-state index contributed by atoms with van der Waals surface area (Å²) in [7, 11) is 1.62. The zero-order valence-corrected chi connectivity index (χ0v) is 22.1. The number of fused-ring (bicyclic) bond motifs is 1. The molecule has 2 aliphatic heterocycles. The van der Waals surface area contributed by atoms with Gasteiger partial charge in [-0.05, 0) is 56.7 Å². The lowest BCUT2D eigenvalue weighted by Gasteiger charge is -2.30. The Kier molecular flexibility index (Phi) is 9.56. The molecule has 5 atom stereocenters. The van der Waals surface area contributed by atoms with Crippen LogP contribution in [-0.2, 0) is 36.8 Å². The summed E-state index contributed by atoms with van der Waals surface area (Å²) < 4.78 is 29.8. The van der Waals surface area contributed by atoms with Crippen LogP contribution in [-0.4, -0.2) is 61.6 Å². The number of hydrogen-bond acceptors (Lipinski definition) is 7. The van der Waals surface area contributed by atoms with Gasteiger partial charge in [0.25, 0.3) is 0 Å². The first-order valence-electron chi connectivity index (χ1n) is 13.1. The summed E-state index contributed by atoms with van der Waals surface area (Å²) in [6.07, 6.45) is 0.850. The fourth-order valence-corrected chi connectivity index (χ4v) is 5.17. The molecule has 2 unspecified atom stereocenters. The zero-order valence-electron chi connectivity index (χ0n) is 22.1. The predicted octanol–water partition coefficient (Wildman–Crippen LogP) is 4.46. The molecule has 8 nitrogen and oxygen atoms in total. The first-order chi connectivity index (χ1) is 17.9. The van der Waals surface area contributed by atoms with Crippen molar-refractivity contribution in [2.75, 3.05) is 20.2 Å². The van der Waals surface area contributed by atoms with Crippen LogP contribution >= 0.6 is 0 Å². The molecule has 8 heteroatoms. The third kappa shape index (κ3) is 7.52. The van der Waals surface area contributed by atoms with Crippen LogP contribution in [0.5, 0.6) is 0 Å². The minimum absolute atomic E-state index is 0.130. The fraction of sp³-hybridized carbons (Fsp3) is 0.552. The Hall–Kier alpha value is -2.49. The molecule has 4 rings (SSSR count). The molecule has 2 aromatic carbocycles. The van der Waals surface area contributed by atoms with Crippen molar-refractivity contribution < 1.29 is 28.5 Å². The molecule has 202 valence electrons. The molecule has 0 aliphatic carbocycles. The minimum atomic E-state index is -0.693. The van der Waals surface area contributed by atoms with Gasteiger partial charge in [0.15, 0.2) is 12.1 Å². The second-order valence-electron chi connectivity index (χ2n) is 10.3. The first-order valence-corrected chi connectivity index (χ1v) is 13.1. The van der Waals surface area contributed by atoms with Crippen LogP contribution in [0.2, 0.25) is 0 Å². The van der Waals surface area contributed by atoms with Gasteiger partial charge in [0.1, 0.15) is 18.8 Å². The average molecular weight is 513 g/mol. The van der Waals surface area contributed by atoms with Crippen LogP contribution in [0.3, 0.4) is 0 Å². The number of ether oxygens (including phenoxy) is 5. The van der Waals surface area contributed by atoms with Crippen molar-refractivity contribution in [3.8, 4) is 0 Å². The van der Waals surface area contributed by atoms with Crippen molar-refractivity contribution in [3.63, 3.8) is 0 Å². The minimum Gasteiger partial charge on any atom is -0.445 e. The van der Waals surface area contributed by atoms with E-state index in [0.29, 0.717) is 26.1 Å². The third-order valence-corrected chi connectivity index (χ3v) is 6.88. The van der Waals surface area contributed by atoms with Crippen LogP contribution in [0.15, 0.2) is 60.7 Å². The number of carbonyl (C=O) groups is 1. The molecule has 0 saturated carbocycles. The van der Waals surface area contributed by atoms with Gasteiger partial charge in [0.2, 0.25) is 0 Å². The van der Waals surface area contributed by atoms with Crippen molar-refractivity contribution in [3.05, 3.63) is 71.8 Å². The number of benzene rings is 2. The van der Waals surface area contributed by atoms with Crippen molar-refractivity contribution in [2.45, 2.75) is 76.7 Å². The van der Waals surface area contributed by atoms with Gasteiger partial charge in [-0.3, -0.25) is 0 Å². The van der Waals surface area contributed by atoms with Crippen LogP contribution < -0.4 is 5.73 Å². The largest absolute Gasteiger partial charge is 0.445 e. The van der Waals surface area contributed by atoms with Crippen LogP contribution in [0, 0.1) is 5.92 Å². The number of amides is 1. The van der Waals surface area contributed by atoms with Gasteiger partial charge in [0, 0.05) is 20.2 Å². The maximum Gasteiger partial charge on any atom is 0.410 e. The van der Waals surface area contributed by atoms with E-state index in [-0.39, 0.29) is 36.9 Å². The molecule has 37 heavy (non-hydrogen) atoms. The maximum absolute atomic E-state index is 13.3. The van der Waals surface area contributed by atoms with E-state index in [1.54, 1.807) is 12.0 Å². The van der Waals surface area contributed by atoms with Crippen LogP contribution in [0.1, 0.15) is 44.2 Å². The second kappa shape index (κ2) is 12.8. The summed E-state index contributed by atoms with van der Waals surface area (Å²) in [6.45, 7) is 5.60. The van der Waals surface area contributed by atoms with E-state index in [9.17, 15) is 4.79 Å². The molecule has 0 spiro atoms. The summed E-state index contributed by atoms with van der Waals surface area (Å²) in [6, 6.07) is 19.7. The van der Waals surface area contributed by atoms with Gasteiger partial charge in [-0.15, -0.1) is 0 Å². The Morgan fingerprint density at radius 3 is 2.32 bits per heavy atom. The summed E-state index contributed by atoms with van der Waals surface area (Å²) in [5.41, 5.74) is 7.87. The van der Waals surface area contributed by atoms with E-state index in [2.05, 4.69) is 0 Å².